The van der Waals surface area contributed by atoms with Crippen molar-refractivity contribution >= 4 is 33.4 Å². The van der Waals surface area contributed by atoms with Gasteiger partial charge in [-0.05, 0) is 36.2 Å². The van der Waals surface area contributed by atoms with Crippen molar-refractivity contribution in [3.8, 4) is 0 Å². The van der Waals surface area contributed by atoms with Gasteiger partial charge in [0.05, 0.1) is 5.69 Å². The van der Waals surface area contributed by atoms with Crippen LogP contribution in [0.15, 0.2) is 0 Å². The van der Waals surface area contributed by atoms with Crippen molar-refractivity contribution in [3.05, 3.63) is 10.6 Å². The second-order valence-electron chi connectivity index (χ2n) is 5.03. The second kappa shape index (κ2) is 6.10. The van der Waals surface area contributed by atoms with Crippen molar-refractivity contribution in [2.45, 2.75) is 32.6 Å². The minimum absolute atomic E-state index is 0.116. The average molecular weight is 332 g/mol. The highest BCUT2D eigenvalue weighted by Crippen LogP contribution is 2.26. The van der Waals surface area contributed by atoms with Gasteiger partial charge >= 0.3 is 0 Å². The zero-order valence-corrected chi connectivity index (χ0v) is 13.1. The topological polar surface area (TPSA) is 46.1 Å². The van der Waals surface area contributed by atoms with E-state index in [4.69, 9.17) is 0 Å². The molecule has 2 rings (SSSR count). The first-order valence-electron chi connectivity index (χ1n) is 6.31. The van der Waals surface area contributed by atoms with Gasteiger partial charge in [-0.3, -0.25) is 4.79 Å². The van der Waals surface area contributed by atoms with Crippen molar-refractivity contribution in [1.82, 2.24) is 14.5 Å². The van der Waals surface area contributed by atoms with Gasteiger partial charge in [-0.15, -0.1) is 5.10 Å². The van der Waals surface area contributed by atoms with Crippen LogP contribution in [-0.2, 0) is 0 Å². The van der Waals surface area contributed by atoms with E-state index < -0.39 is 0 Å². The third-order valence-corrected chi connectivity index (χ3v) is 4.53. The Labute approximate surface area is 120 Å². The highest BCUT2D eigenvalue weighted by Gasteiger charge is 2.29. The molecule has 0 saturated carbocycles. The first-order chi connectivity index (χ1) is 8.63. The summed E-state index contributed by atoms with van der Waals surface area (Å²) in [4.78, 5) is 15.1. The maximum atomic E-state index is 12.4. The van der Waals surface area contributed by atoms with Crippen molar-refractivity contribution in [1.29, 1.82) is 0 Å². The number of rotatable bonds is 4. The minimum atomic E-state index is 0.116. The molecule has 100 valence electrons. The van der Waals surface area contributed by atoms with Crippen molar-refractivity contribution in [2.24, 2.45) is 5.92 Å². The summed E-state index contributed by atoms with van der Waals surface area (Å²) in [6.45, 7) is 5.84. The van der Waals surface area contributed by atoms with E-state index in [-0.39, 0.29) is 11.8 Å². The van der Waals surface area contributed by atoms with Crippen LogP contribution in [0.4, 0.5) is 0 Å². The van der Waals surface area contributed by atoms with E-state index in [0.29, 0.717) is 5.92 Å². The summed E-state index contributed by atoms with van der Waals surface area (Å²) in [6.07, 6.45) is 2.25. The zero-order valence-electron chi connectivity index (χ0n) is 10.7. The molecule has 1 unspecified atom stereocenters. The molecule has 0 spiro atoms. The van der Waals surface area contributed by atoms with Crippen LogP contribution in [0.2, 0.25) is 0 Å². The van der Waals surface area contributed by atoms with Gasteiger partial charge in [-0.25, -0.2) is 0 Å². The number of amides is 1. The second-order valence-corrected chi connectivity index (χ2v) is 6.57. The Hall–Kier alpha value is -0.490. The summed E-state index contributed by atoms with van der Waals surface area (Å²) in [6, 6.07) is 0. The summed E-state index contributed by atoms with van der Waals surface area (Å²) >= 11 is 4.69. The third-order valence-electron chi connectivity index (χ3n) is 3.34. The Kier molecular flexibility index (Phi) is 4.72. The highest BCUT2D eigenvalue weighted by atomic mass is 79.9. The number of carbonyl (C=O) groups is 1. The smallest absolute Gasteiger partial charge is 0.267 e. The van der Waals surface area contributed by atoms with E-state index in [1.807, 2.05) is 18.7 Å². The molecule has 1 saturated heterocycles. The van der Waals surface area contributed by atoms with Gasteiger partial charge < -0.3 is 4.90 Å². The van der Waals surface area contributed by atoms with E-state index in [1.54, 1.807) is 0 Å². The summed E-state index contributed by atoms with van der Waals surface area (Å²) in [5.41, 5.74) is 0.842. The average Bonchev–Trinajstić information content (AvgIpc) is 2.96. The molecule has 1 aliphatic rings. The van der Waals surface area contributed by atoms with Crippen LogP contribution in [-0.4, -0.2) is 38.8 Å². The third kappa shape index (κ3) is 2.91. The van der Waals surface area contributed by atoms with E-state index in [0.717, 1.165) is 41.8 Å². The maximum Gasteiger partial charge on any atom is 0.267 e. The highest BCUT2D eigenvalue weighted by molar-refractivity contribution is 9.09. The van der Waals surface area contributed by atoms with E-state index >= 15 is 0 Å². The van der Waals surface area contributed by atoms with Crippen LogP contribution >= 0.6 is 27.5 Å². The van der Waals surface area contributed by atoms with Gasteiger partial charge in [0, 0.05) is 18.4 Å². The molecule has 0 aromatic carbocycles. The van der Waals surface area contributed by atoms with Crippen LogP contribution in [0.3, 0.4) is 0 Å². The van der Waals surface area contributed by atoms with Crippen LogP contribution in [0.1, 0.15) is 48.0 Å². The van der Waals surface area contributed by atoms with Crippen LogP contribution in [0, 0.1) is 5.92 Å². The van der Waals surface area contributed by atoms with E-state index in [2.05, 4.69) is 25.5 Å². The van der Waals surface area contributed by atoms with Crippen LogP contribution in [0.25, 0.3) is 0 Å². The van der Waals surface area contributed by atoms with Gasteiger partial charge in [0.2, 0.25) is 0 Å². The maximum absolute atomic E-state index is 12.4. The number of hydrogen-bond donors (Lipinski definition) is 0. The van der Waals surface area contributed by atoms with E-state index in [1.165, 1.54) is 11.5 Å². The Morgan fingerprint density at radius 3 is 3.06 bits per heavy atom. The summed E-state index contributed by atoms with van der Waals surface area (Å²) < 4.78 is 3.93. The zero-order chi connectivity index (χ0) is 13.1. The number of nitrogens with zero attached hydrogens (tertiary/aromatic N) is 3. The number of halogens is 1. The van der Waals surface area contributed by atoms with Gasteiger partial charge in [0.1, 0.15) is 4.88 Å². The molecule has 2 heterocycles. The van der Waals surface area contributed by atoms with Crippen molar-refractivity contribution < 1.29 is 4.79 Å². The molecule has 0 bridgehead atoms. The standard InChI is InChI=1S/C12H18BrN3OS/c1-8(2)10-11(18-15-14-10)12(17)16-6-4-9(7-16)3-5-13/h8-9H,3-7H2,1-2H3. The Morgan fingerprint density at radius 2 is 2.39 bits per heavy atom. The molecule has 6 heteroatoms. The number of likely N-dealkylation sites (tertiary alicyclic amines) is 1. The molecule has 4 nitrogen and oxygen atoms in total. The molecule has 0 aliphatic carbocycles. The Bertz CT molecular complexity index is 421. The number of aromatic nitrogens is 2. The van der Waals surface area contributed by atoms with Crippen molar-refractivity contribution in [3.63, 3.8) is 0 Å². The molecule has 0 radical (unpaired) electrons. The SMILES string of the molecule is CC(C)c1nnsc1C(=O)N1CCC(CCBr)C1. The fraction of sp³-hybridized carbons (Fsp3) is 0.750. The van der Waals surface area contributed by atoms with E-state index in [9.17, 15) is 4.79 Å². The first kappa shape index (κ1) is 13.9. The van der Waals surface area contributed by atoms with Crippen LogP contribution < -0.4 is 0 Å². The minimum Gasteiger partial charge on any atom is -0.338 e. The number of hydrogen-bond acceptors (Lipinski definition) is 4. The van der Waals surface area contributed by atoms with Crippen LogP contribution in [0.5, 0.6) is 0 Å². The largest absolute Gasteiger partial charge is 0.338 e. The molecule has 1 amide bonds. The molecular weight excluding hydrogens is 314 g/mol. The molecule has 0 N–H and O–H groups in total. The van der Waals surface area contributed by atoms with Gasteiger partial charge in [-0.2, -0.15) is 0 Å². The quantitative estimate of drug-likeness (QED) is 0.797. The lowest BCUT2D eigenvalue weighted by Crippen LogP contribution is -2.29. The molecular formula is C12H18BrN3OS. The monoisotopic (exact) mass is 331 g/mol. The van der Waals surface area contributed by atoms with Gasteiger partial charge in [0.25, 0.3) is 5.91 Å². The lowest BCUT2D eigenvalue weighted by molar-refractivity contribution is 0.0790. The molecule has 1 aromatic heterocycles. The Balaban J connectivity index is 2.06. The lowest BCUT2D eigenvalue weighted by atomic mass is 10.1. The van der Waals surface area contributed by atoms with Gasteiger partial charge in [-0.1, -0.05) is 34.3 Å². The predicted octanol–water partition coefficient (Wildman–Crippen LogP) is 2.91. The van der Waals surface area contributed by atoms with Crippen molar-refractivity contribution in [2.75, 3.05) is 18.4 Å². The fourth-order valence-corrected chi connectivity index (χ4v) is 3.71. The first-order valence-corrected chi connectivity index (χ1v) is 8.20. The normalized spacial score (nSPS) is 19.8. The number of alkyl halides is 1. The summed E-state index contributed by atoms with van der Waals surface area (Å²) in [7, 11) is 0. The summed E-state index contributed by atoms with van der Waals surface area (Å²) in [5.74, 6) is 1.01. The van der Waals surface area contributed by atoms with Gasteiger partial charge in [0.15, 0.2) is 0 Å². The lowest BCUT2D eigenvalue weighted by Gasteiger charge is -2.16. The number of carbonyl (C=O) groups excluding carboxylic acids is 1. The molecule has 1 fully saturated rings. The molecule has 1 aliphatic heterocycles. The predicted molar refractivity (Wildman–Crippen MR) is 76.4 cm³/mol. The Morgan fingerprint density at radius 1 is 1.61 bits per heavy atom. The molecule has 18 heavy (non-hydrogen) atoms. The fourth-order valence-electron chi connectivity index (χ4n) is 2.27. The molecule has 1 aromatic rings. The summed E-state index contributed by atoms with van der Waals surface area (Å²) in [5, 5.41) is 5.09. The molecule has 1 atom stereocenters.